The third-order valence-corrected chi connectivity index (χ3v) is 4.35. The normalized spacial score (nSPS) is 16.2. The Morgan fingerprint density at radius 1 is 1.19 bits per heavy atom. The van der Waals surface area contributed by atoms with Gasteiger partial charge in [-0.15, -0.1) is 0 Å². The zero-order chi connectivity index (χ0) is 18.5. The molecule has 0 saturated carbocycles. The summed E-state index contributed by atoms with van der Waals surface area (Å²) in [6.07, 6.45) is 1.20. The zero-order valence-electron chi connectivity index (χ0n) is 14.9. The van der Waals surface area contributed by atoms with Crippen LogP contribution < -0.4 is 15.0 Å². The number of carbonyl (C=O) groups excluding carboxylic acids is 2. The van der Waals surface area contributed by atoms with Gasteiger partial charge in [-0.05, 0) is 43.2 Å². The van der Waals surface area contributed by atoms with E-state index in [4.69, 9.17) is 9.47 Å². The van der Waals surface area contributed by atoms with E-state index in [9.17, 15) is 9.59 Å². The topological polar surface area (TPSA) is 67.9 Å². The molecular formula is C20H22N2O4. The highest BCUT2D eigenvalue weighted by molar-refractivity contribution is 6.07. The average Bonchev–Trinajstić information content (AvgIpc) is 3.22. The molecule has 2 amide bonds. The van der Waals surface area contributed by atoms with Crippen molar-refractivity contribution in [2.75, 3.05) is 31.0 Å². The molecular weight excluding hydrogens is 332 g/mol. The second-order valence-electron chi connectivity index (χ2n) is 6.11. The molecule has 0 radical (unpaired) electrons. The van der Waals surface area contributed by atoms with Crippen LogP contribution in [0.2, 0.25) is 0 Å². The standard InChI is InChI=1S/C20H22N2O4/c1-22(16-9-3-4-10-17(16)25-2)20(24)14-7-5-8-15(13-14)21-19(23)18-11-6-12-26-18/h3-5,7-10,13,18H,6,11-12H2,1-2H3,(H,21,23)/t18-/m1/s1. The van der Waals surface area contributed by atoms with Crippen LogP contribution in [-0.2, 0) is 9.53 Å². The summed E-state index contributed by atoms with van der Waals surface area (Å²) in [7, 11) is 3.26. The molecule has 1 heterocycles. The van der Waals surface area contributed by atoms with Crippen molar-refractivity contribution in [3.05, 3.63) is 54.1 Å². The molecule has 0 spiro atoms. The molecule has 1 saturated heterocycles. The number of amides is 2. The number of anilines is 2. The molecule has 26 heavy (non-hydrogen) atoms. The molecule has 1 aliphatic heterocycles. The van der Waals surface area contributed by atoms with Gasteiger partial charge in [-0.2, -0.15) is 0 Å². The fraction of sp³-hybridized carbons (Fsp3) is 0.300. The molecule has 3 rings (SSSR count). The Labute approximate surface area is 152 Å². The van der Waals surface area contributed by atoms with Crippen LogP contribution in [0.3, 0.4) is 0 Å². The van der Waals surface area contributed by atoms with Crippen molar-refractivity contribution in [2.45, 2.75) is 18.9 Å². The highest BCUT2D eigenvalue weighted by Crippen LogP contribution is 2.28. The van der Waals surface area contributed by atoms with E-state index in [0.29, 0.717) is 29.3 Å². The Balaban J connectivity index is 1.76. The van der Waals surface area contributed by atoms with E-state index in [2.05, 4.69) is 5.32 Å². The summed E-state index contributed by atoms with van der Waals surface area (Å²) in [5, 5.41) is 2.82. The minimum Gasteiger partial charge on any atom is -0.495 e. The lowest BCUT2D eigenvalue weighted by Gasteiger charge is -2.20. The Kier molecular flexibility index (Phi) is 5.53. The van der Waals surface area contributed by atoms with E-state index in [1.807, 2.05) is 18.2 Å². The van der Waals surface area contributed by atoms with Crippen LogP contribution in [0, 0.1) is 0 Å². The average molecular weight is 354 g/mol. The van der Waals surface area contributed by atoms with Crippen molar-refractivity contribution in [1.29, 1.82) is 0 Å². The van der Waals surface area contributed by atoms with Gasteiger partial charge in [0.05, 0.1) is 12.8 Å². The summed E-state index contributed by atoms with van der Waals surface area (Å²) in [5.74, 6) is 0.249. The van der Waals surface area contributed by atoms with Gasteiger partial charge < -0.3 is 19.7 Å². The van der Waals surface area contributed by atoms with Crippen LogP contribution in [0.1, 0.15) is 23.2 Å². The van der Waals surface area contributed by atoms with E-state index < -0.39 is 6.10 Å². The van der Waals surface area contributed by atoms with E-state index >= 15 is 0 Å². The number of para-hydroxylation sites is 2. The van der Waals surface area contributed by atoms with Gasteiger partial charge in [0.25, 0.3) is 11.8 Å². The van der Waals surface area contributed by atoms with Gasteiger partial charge in [-0.25, -0.2) is 0 Å². The van der Waals surface area contributed by atoms with Gasteiger partial charge in [0.2, 0.25) is 0 Å². The molecule has 0 unspecified atom stereocenters. The summed E-state index contributed by atoms with van der Waals surface area (Å²) >= 11 is 0. The SMILES string of the molecule is COc1ccccc1N(C)C(=O)c1cccc(NC(=O)[C@H]2CCCO2)c1. The Morgan fingerprint density at radius 3 is 2.73 bits per heavy atom. The van der Waals surface area contributed by atoms with Gasteiger partial charge in [-0.3, -0.25) is 9.59 Å². The van der Waals surface area contributed by atoms with E-state index in [-0.39, 0.29) is 11.8 Å². The molecule has 6 nitrogen and oxygen atoms in total. The lowest BCUT2D eigenvalue weighted by molar-refractivity contribution is -0.124. The maximum Gasteiger partial charge on any atom is 0.258 e. The summed E-state index contributed by atoms with van der Waals surface area (Å²) in [4.78, 5) is 26.6. The molecule has 2 aromatic rings. The largest absolute Gasteiger partial charge is 0.495 e. The first-order chi connectivity index (χ1) is 12.6. The van der Waals surface area contributed by atoms with Gasteiger partial charge in [-0.1, -0.05) is 18.2 Å². The minimum atomic E-state index is -0.411. The summed E-state index contributed by atoms with van der Waals surface area (Å²) in [5.41, 5.74) is 1.72. The number of carbonyl (C=O) groups is 2. The predicted molar refractivity (Wildman–Crippen MR) is 99.8 cm³/mol. The fourth-order valence-corrected chi connectivity index (χ4v) is 2.95. The first kappa shape index (κ1) is 17.9. The van der Waals surface area contributed by atoms with Gasteiger partial charge in [0.15, 0.2) is 0 Å². The second kappa shape index (κ2) is 8.01. The summed E-state index contributed by atoms with van der Waals surface area (Å²) in [6, 6.07) is 14.2. The molecule has 2 aromatic carbocycles. The molecule has 0 aromatic heterocycles. The number of nitrogens with one attached hydrogen (secondary N) is 1. The Morgan fingerprint density at radius 2 is 2.00 bits per heavy atom. The predicted octanol–water partition coefficient (Wildman–Crippen LogP) is 3.09. The summed E-state index contributed by atoms with van der Waals surface area (Å²) in [6.45, 7) is 0.611. The van der Waals surface area contributed by atoms with E-state index in [1.165, 1.54) is 4.90 Å². The Hall–Kier alpha value is -2.86. The van der Waals surface area contributed by atoms with Gasteiger partial charge in [0.1, 0.15) is 11.9 Å². The third-order valence-electron chi connectivity index (χ3n) is 4.35. The van der Waals surface area contributed by atoms with Crippen molar-refractivity contribution in [3.63, 3.8) is 0 Å². The van der Waals surface area contributed by atoms with Gasteiger partial charge >= 0.3 is 0 Å². The van der Waals surface area contributed by atoms with Crippen molar-refractivity contribution in [1.82, 2.24) is 0 Å². The maximum atomic E-state index is 12.8. The fourth-order valence-electron chi connectivity index (χ4n) is 2.95. The van der Waals surface area contributed by atoms with Crippen LogP contribution in [0.15, 0.2) is 48.5 Å². The number of ether oxygens (including phenoxy) is 2. The van der Waals surface area contributed by atoms with Gasteiger partial charge in [0, 0.05) is 24.9 Å². The number of hydrogen-bond acceptors (Lipinski definition) is 4. The van der Waals surface area contributed by atoms with Crippen LogP contribution in [0.5, 0.6) is 5.75 Å². The van der Waals surface area contributed by atoms with E-state index in [0.717, 1.165) is 12.8 Å². The molecule has 6 heteroatoms. The van der Waals surface area contributed by atoms with E-state index in [1.54, 1.807) is 44.5 Å². The lowest BCUT2D eigenvalue weighted by Crippen LogP contribution is -2.28. The molecule has 1 atom stereocenters. The molecule has 0 bridgehead atoms. The third kappa shape index (κ3) is 3.86. The monoisotopic (exact) mass is 354 g/mol. The molecule has 1 aliphatic rings. The highest BCUT2D eigenvalue weighted by Gasteiger charge is 2.24. The molecule has 0 aliphatic carbocycles. The number of nitrogens with zero attached hydrogens (tertiary/aromatic N) is 1. The molecule has 136 valence electrons. The quantitative estimate of drug-likeness (QED) is 0.896. The van der Waals surface area contributed by atoms with Crippen LogP contribution in [0.25, 0.3) is 0 Å². The first-order valence-electron chi connectivity index (χ1n) is 8.54. The van der Waals surface area contributed by atoms with Crippen LogP contribution >= 0.6 is 0 Å². The summed E-state index contributed by atoms with van der Waals surface area (Å²) < 4.78 is 10.7. The maximum absolute atomic E-state index is 12.8. The molecule has 1 N–H and O–H groups in total. The number of rotatable bonds is 5. The highest BCUT2D eigenvalue weighted by atomic mass is 16.5. The van der Waals surface area contributed by atoms with Crippen LogP contribution in [-0.4, -0.2) is 38.7 Å². The van der Waals surface area contributed by atoms with Crippen molar-refractivity contribution in [2.24, 2.45) is 0 Å². The zero-order valence-corrected chi connectivity index (χ0v) is 14.9. The van der Waals surface area contributed by atoms with Crippen molar-refractivity contribution in [3.8, 4) is 5.75 Å². The van der Waals surface area contributed by atoms with Crippen molar-refractivity contribution < 1.29 is 19.1 Å². The first-order valence-corrected chi connectivity index (χ1v) is 8.54. The number of hydrogen-bond donors (Lipinski definition) is 1. The molecule has 1 fully saturated rings. The lowest BCUT2D eigenvalue weighted by atomic mass is 10.1. The second-order valence-corrected chi connectivity index (χ2v) is 6.11. The van der Waals surface area contributed by atoms with Crippen LogP contribution in [0.4, 0.5) is 11.4 Å². The number of benzene rings is 2. The van der Waals surface area contributed by atoms with Crippen molar-refractivity contribution >= 4 is 23.2 Å². The number of methoxy groups -OCH3 is 1. The Bertz CT molecular complexity index is 800. The minimum absolute atomic E-state index is 0.176. The smallest absolute Gasteiger partial charge is 0.258 e.